The molecular formula is C47H50N10O6S. The van der Waals surface area contributed by atoms with Crippen molar-refractivity contribution in [2.45, 2.75) is 55.5 Å². The number of unbranched alkanes of at least 4 members (excludes halogenated alkanes) is 1. The molecule has 0 radical (unpaired) electrons. The average molecular weight is 883 g/mol. The smallest absolute Gasteiger partial charge is 0.263 e. The number of para-hydroxylation sites is 1. The van der Waals surface area contributed by atoms with Crippen LogP contribution in [0, 0.1) is 0 Å². The fraction of sp³-hybridized carbons (Fsp3) is 0.362. The third kappa shape index (κ3) is 9.14. The van der Waals surface area contributed by atoms with E-state index in [1.165, 1.54) is 6.33 Å². The van der Waals surface area contributed by atoms with Gasteiger partial charge >= 0.3 is 0 Å². The van der Waals surface area contributed by atoms with Crippen LogP contribution >= 0.6 is 11.8 Å². The van der Waals surface area contributed by atoms with Gasteiger partial charge in [0.1, 0.15) is 35.4 Å². The van der Waals surface area contributed by atoms with E-state index in [1.54, 1.807) is 30.0 Å². The molecule has 2 atom stereocenters. The number of piperidine rings is 2. The number of fused-ring (bicyclic) bond motifs is 2. The normalized spacial score (nSPS) is 19.8. The summed E-state index contributed by atoms with van der Waals surface area (Å²) in [4.78, 5) is 81.5. The van der Waals surface area contributed by atoms with Crippen molar-refractivity contribution in [3.8, 4) is 22.8 Å². The molecule has 4 aliphatic rings. The largest absolute Gasteiger partial charge is 0.457 e. The number of ether oxygens (including phenoxy) is 1. The lowest BCUT2D eigenvalue weighted by atomic mass is 10.0. The Hall–Kier alpha value is -6.43. The predicted octanol–water partition coefficient (Wildman–Crippen LogP) is 5.18. The van der Waals surface area contributed by atoms with Gasteiger partial charge in [0, 0.05) is 68.8 Å². The number of nitrogens with one attached hydrogen (secondary N) is 1. The van der Waals surface area contributed by atoms with Crippen LogP contribution < -0.4 is 15.8 Å². The lowest BCUT2D eigenvalue weighted by Crippen LogP contribution is -2.54. The molecular weight excluding hydrogens is 833 g/mol. The molecule has 9 rings (SSSR count). The minimum absolute atomic E-state index is 0.0101. The first-order valence-electron chi connectivity index (χ1n) is 21.9. The van der Waals surface area contributed by atoms with Gasteiger partial charge in [0.25, 0.3) is 11.8 Å². The Morgan fingerprint density at radius 1 is 0.859 bits per heavy atom. The maximum atomic E-state index is 13.5. The van der Waals surface area contributed by atoms with Gasteiger partial charge in [-0.3, -0.25) is 39.1 Å². The van der Waals surface area contributed by atoms with E-state index in [1.807, 2.05) is 76.3 Å². The number of aromatic nitrogens is 4. The summed E-state index contributed by atoms with van der Waals surface area (Å²) in [5, 5.41) is 7.98. The topological polar surface area (TPSA) is 189 Å². The highest BCUT2D eigenvalue weighted by atomic mass is 32.2. The zero-order valence-electron chi connectivity index (χ0n) is 35.4. The fourth-order valence-electron chi connectivity index (χ4n) is 8.94. The van der Waals surface area contributed by atoms with Gasteiger partial charge in [0.2, 0.25) is 17.7 Å². The zero-order valence-corrected chi connectivity index (χ0v) is 36.3. The number of nitrogens with zero attached hydrogens (tertiary/aromatic N) is 8. The maximum absolute atomic E-state index is 13.5. The van der Waals surface area contributed by atoms with Crippen LogP contribution in [0.1, 0.15) is 65.3 Å². The van der Waals surface area contributed by atoms with Crippen molar-refractivity contribution in [3.05, 3.63) is 102 Å². The highest BCUT2D eigenvalue weighted by molar-refractivity contribution is 7.99. The number of anilines is 1. The second kappa shape index (κ2) is 19.1. The van der Waals surface area contributed by atoms with Crippen molar-refractivity contribution < 1.29 is 28.7 Å². The second-order valence-corrected chi connectivity index (χ2v) is 17.6. The third-order valence-electron chi connectivity index (χ3n) is 12.3. The Morgan fingerprint density at radius 3 is 2.44 bits per heavy atom. The number of piperazine rings is 1. The van der Waals surface area contributed by atoms with Crippen LogP contribution in [-0.2, 0) is 14.4 Å². The Bertz CT molecular complexity index is 2590. The van der Waals surface area contributed by atoms with Gasteiger partial charge in [0.15, 0.2) is 5.65 Å². The minimum Gasteiger partial charge on any atom is -0.457 e. The molecule has 1 unspecified atom stereocenters. The molecule has 5 aromatic rings. The van der Waals surface area contributed by atoms with Crippen LogP contribution in [0.2, 0.25) is 0 Å². The van der Waals surface area contributed by atoms with Crippen LogP contribution in [0.5, 0.6) is 11.5 Å². The molecule has 0 saturated carbocycles. The molecule has 3 N–H and O–H groups in total. The van der Waals surface area contributed by atoms with Gasteiger partial charge in [-0.1, -0.05) is 30.3 Å². The van der Waals surface area contributed by atoms with Crippen molar-refractivity contribution in [1.29, 1.82) is 0 Å². The number of carbonyl (C=O) groups is 5. The quantitative estimate of drug-likeness (QED) is 0.0644. The summed E-state index contributed by atoms with van der Waals surface area (Å²) in [6.45, 7) is 6.58. The number of benzene rings is 3. The molecule has 3 aromatic carbocycles. The number of amides is 5. The first-order chi connectivity index (χ1) is 31.2. The van der Waals surface area contributed by atoms with E-state index in [0.29, 0.717) is 59.1 Å². The molecule has 5 amide bonds. The first-order valence-corrected chi connectivity index (χ1v) is 22.9. The summed E-state index contributed by atoms with van der Waals surface area (Å²) >= 11 is 1.55. The summed E-state index contributed by atoms with van der Waals surface area (Å²) < 4.78 is 7.91. The summed E-state index contributed by atoms with van der Waals surface area (Å²) in [6.07, 6.45) is 8.99. The van der Waals surface area contributed by atoms with E-state index in [-0.39, 0.29) is 24.8 Å². The first kappa shape index (κ1) is 42.9. The average Bonchev–Trinajstić information content (AvgIpc) is 3.83. The van der Waals surface area contributed by atoms with Crippen LogP contribution in [0.4, 0.5) is 5.82 Å². The van der Waals surface area contributed by atoms with Crippen molar-refractivity contribution in [3.63, 3.8) is 0 Å². The van der Waals surface area contributed by atoms with Crippen molar-refractivity contribution in [2.24, 2.45) is 0 Å². The fourth-order valence-corrected chi connectivity index (χ4v) is 10.0. The van der Waals surface area contributed by atoms with E-state index in [0.717, 1.165) is 85.3 Å². The summed E-state index contributed by atoms with van der Waals surface area (Å²) in [6, 6.07) is 21.5. The van der Waals surface area contributed by atoms with Crippen LogP contribution in [0.15, 0.2) is 96.2 Å². The van der Waals surface area contributed by atoms with Crippen LogP contribution in [0.3, 0.4) is 0 Å². The number of imide groups is 2. The van der Waals surface area contributed by atoms with E-state index >= 15 is 0 Å². The van der Waals surface area contributed by atoms with Gasteiger partial charge in [0.05, 0.1) is 22.6 Å². The lowest BCUT2D eigenvalue weighted by Gasteiger charge is -2.34. The Labute approximate surface area is 374 Å². The van der Waals surface area contributed by atoms with Gasteiger partial charge < -0.3 is 20.3 Å². The number of hydrogen-bond acceptors (Lipinski definition) is 13. The highest BCUT2D eigenvalue weighted by Crippen LogP contribution is 2.36. The number of likely N-dealkylation sites (tertiary alicyclic amines) is 1. The molecule has 64 heavy (non-hydrogen) atoms. The Balaban J connectivity index is 0.721. The van der Waals surface area contributed by atoms with Crippen LogP contribution in [0.25, 0.3) is 22.3 Å². The molecule has 3 saturated heterocycles. The van der Waals surface area contributed by atoms with E-state index in [4.69, 9.17) is 15.6 Å². The van der Waals surface area contributed by atoms with E-state index in [2.05, 4.69) is 25.1 Å². The van der Waals surface area contributed by atoms with Crippen molar-refractivity contribution in [2.75, 3.05) is 63.8 Å². The van der Waals surface area contributed by atoms with Crippen LogP contribution in [-0.4, -0.2) is 133 Å². The maximum Gasteiger partial charge on any atom is 0.263 e. The number of nitrogens with two attached hydrogens (primary N) is 1. The van der Waals surface area contributed by atoms with E-state index < -0.39 is 29.7 Å². The predicted molar refractivity (Wildman–Crippen MR) is 242 cm³/mol. The standard InChI is InChI=1S/C47H50N10O6S/c48-43-41-42(31-15-17-34(18-16-31)63-33-10-2-1-3-11-33)52-57(44(41)50-30-49-43)32-9-7-23-55(29-32)39(59)14-8-22-54-26-24-53(25-27-54)21-4-5-28-64-37-13-6-12-35-40(37)47(62)56(46(35)61)36-19-20-38(58)51-45(36)60/h1-3,6,8,10-18,30,32,36H,4-5,7,9,19-29H2,(H2,48,49,50)(H,51,58,60)/b14-8+/t32-,36?/m1/s1. The highest BCUT2D eigenvalue weighted by Gasteiger charge is 2.45. The number of carbonyl (C=O) groups excluding carboxylic acids is 5. The lowest BCUT2D eigenvalue weighted by molar-refractivity contribution is -0.136. The molecule has 0 bridgehead atoms. The van der Waals surface area contributed by atoms with E-state index in [9.17, 15) is 24.0 Å². The summed E-state index contributed by atoms with van der Waals surface area (Å²) in [7, 11) is 0. The molecule has 16 nitrogen and oxygen atoms in total. The SMILES string of the molecule is Nc1ncnc2c1c(-c1ccc(Oc3ccccc3)cc1)nn2[C@@H]1CCCN(C(=O)/C=C/CN2CCN(CCCCSc3cccc4c3C(=O)N(C3CCC(=O)NC3=O)C4=O)CC2)C1. The van der Waals surface area contributed by atoms with Gasteiger partial charge in [-0.15, -0.1) is 11.8 Å². The Morgan fingerprint density at radius 2 is 1.64 bits per heavy atom. The molecule has 17 heteroatoms. The minimum atomic E-state index is -0.976. The molecule has 330 valence electrons. The molecule has 2 aromatic heterocycles. The van der Waals surface area contributed by atoms with Crippen molar-refractivity contribution >= 4 is 58.1 Å². The van der Waals surface area contributed by atoms with Gasteiger partial charge in [-0.05, 0) is 92.9 Å². The molecule has 3 fully saturated rings. The number of rotatable bonds is 14. The van der Waals surface area contributed by atoms with Gasteiger partial charge in [-0.25, -0.2) is 14.6 Å². The monoisotopic (exact) mass is 882 g/mol. The second-order valence-electron chi connectivity index (χ2n) is 16.5. The Kier molecular flexibility index (Phi) is 12.8. The van der Waals surface area contributed by atoms with Crippen molar-refractivity contribution in [1.82, 2.24) is 44.7 Å². The number of hydrogen-bond donors (Lipinski definition) is 2. The molecule has 0 aliphatic carbocycles. The zero-order chi connectivity index (χ0) is 44.2. The molecule has 4 aliphatic heterocycles. The molecule has 6 heterocycles. The number of nitrogen functional groups attached to an aromatic ring is 1. The summed E-state index contributed by atoms with van der Waals surface area (Å²) in [5.74, 6) is 0.633. The van der Waals surface area contributed by atoms with Gasteiger partial charge in [-0.2, -0.15) is 5.10 Å². The third-order valence-corrected chi connectivity index (χ3v) is 13.5. The summed E-state index contributed by atoms with van der Waals surface area (Å²) in [5.41, 5.74) is 9.28. The molecule has 0 spiro atoms. The number of thioether (sulfide) groups is 1.